The summed E-state index contributed by atoms with van der Waals surface area (Å²) in [7, 11) is 0. The predicted octanol–water partition coefficient (Wildman–Crippen LogP) is 3.82. The molecule has 0 aromatic carbocycles. The van der Waals surface area contributed by atoms with E-state index in [2.05, 4.69) is 34.7 Å². The number of rotatable bonds is 6. The Morgan fingerprint density at radius 3 is 2.83 bits per heavy atom. The Morgan fingerprint density at radius 1 is 1.22 bits per heavy atom. The maximum absolute atomic E-state index is 4.39. The van der Waals surface area contributed by atoms with Gasteiger partial charge in [-0.05, 0) is 51.2 Å². The second kappa shape index (κ2) is 7.04. The molecule has 0 aliphatic heterocycles. The van der Waals surface area contributed by atoms with Crippen molar-refractivity contribution in [1.29, 1.82) is 0 Å². The fraction of sp³-hybridized carbons (Fsp3) is 0.533. The van der Waals surface area contributed by atoms with Crippen molar-refractivity contribution < 1.29 is 0 Å². The molecule has 0 atom stereocenters. The molecule has 18 heavy (non-hydrogen) atoms. The van der Waals surface area contributed by atoms with Gasteiger partial charge in [-0.15, -0.1) is 0 Å². The molecule has 2 rings (SSSR count). The Morgan fingerprint density at radius 2 is 2.17 bits per heavy atom. The molecule has 3 nitrogen and oxygen atoms in total. The summed E-state index contributed by atoms with van der Waals surface area (Å²) in [5.41, 5.74) is 2.69. The first kappa shape index (κ1) is 12.9. The zero-order valence-corrected chi connectivity index (χ0v) is 11.2. The van der Waals surface area contributed by atoms with Crippen molar-refractivity contribution in [2.45, 2.75) is 39.0 Å². The van der Waals surface area contributed by atoms with Crippen molar-refractivity contribution in [2.24, 2.45) is 0 Å². The SMILES string of the molecule is CCNc1ccc(NCCC2=CCCCC2)nc1. The van der Waals surface area contributed by atoms with Gasteiger partial charge in [0.15, 0.2) is 0 Å². The number of hydrogen-bond acceptors (Lipinski definition) is 3. The first-order valence-corrected chi connectivity index (χ1v) is 7.00. The molecule has 98 valence electrons. The zero-order chi connectivity index (χ0) is 12.6. The fourth-order valence-electron chi connectivity index (χ4n) is 2.29. The van der Waals surface area contributed by atoms with Crippen molar-refractivity contribution in [3.05, 3.63) is 30.0 Å². The Balaban J connectivity index is 1.74. The highest BCUT2D eigenvalue weighted by atomic mass is 15.0. The monoisotopic (exact) mass is 245 g/mol. The summed E-state index contributed by atoms with van der Waals surface area (Å²) < 4.78 is 0. The van der Waals surface area contributed by atoms with Crippen LogP contribution < -0.4 is 10.6 Å². The summed E-state index contributed by atoms with van der Waals surface area (Å²) in [5.74, 6) is 0.966. The largest absolute Gasteiger partial charge is 0.384 e. The average Bonchev–Trinajstić information content (AvgIpc) is 2.42. The van der Waals surface area contributed by atoms with Crippen molar-refractivity contribution in [1.82, 2.24) is 4.98 Å². The van der Waals surface area contributed by atoms with Gasteiger partial charge >= 0.3 is 0 Å². The quantitative estimate of drug-likeness (QED) is 0.748. The van der Waals surface area contributed by atoms with Gasteiger partial charge in [0.05, 0.1) is 11.9 Å². The van der Waals surface area contributed by atoms with Crippen LogP contribution in [0.2, 0.25) is 0 Å². The molecule has 0 spiro atoms. The van der Waals surface area contributed by atoms with E-state index in [0.717, 1.165) is 31.0 Å². The van der Waals surface area contributed by atoms with Gasteiger partial charge < -0.3 is 10.6 Å². The highest BCUT2D eigenvalue weighted by Crippen LogP contribution is 2.20. The minimum Gasteiger partial charge on any atom is -0.384 e. The van der Waals surface area contributed by atoms with E-state index in [-0.39, 0.29) is 0 Å². The summed E-state index contributed by atoms with van der Waals surface area (Å²) in [5, 5.41) is 6.62. The van der Waals surface area contributed by atoms with E-state index in [1.54, 1.807) is 5.57 Å². The lowest BCUT2D eigenvalue weighted by Crippen LogP contribution is -2.06. The number of anilines is 2. The summed E-state index contributed by atoms with van der Waals surface area (Å²) in [6.07, 6.45) is 10.7. The summed E-state index contributed by atoms with van der Waals surface area (Å²) >= 11 is 0. The molecule has 0 unspecified atom stereocenters. The van der Waals surface area contributed by atoms with Gasteiger partial charge in [0, 0.05) is 13.1 Å². The molecule has 3 heteroatoms. The number of allylic oxidation sites excluding steroid dienone is 1. The third-order valence-electron chi connectivity index (χ3n) is 3.28. The lowest BCUT2D eigenvalue weighted by molar-refractivity contribution is 0.679. The molecule has 0 saturated heterocycles. The highest BCUT2D eigenvalue weighted by molar-refractivity contribution is 5.47. The van der Waals surface area contributed by atoms with Crippen LogP contribution in [-0.4, -0.2) is 18.1 Å². The van der Waals surface area contributed by atoms with E-state index in [0.29, 0.717) is 0 Å². The number of pyridine rings is 1. The minimum atomic E-state index is 0.933. The van der Waals surface area contributed by atoms with Crippen LogP contribution in [0.1, 0.15) is 39.0 Å². The molecule has 1 heterocycles. The number of hydrogen-bond donors (Lipinski definition) is 2. The van der Waals surface area contributed by atoms with Crippen LogP contribution in [0.4, 0.5) is 11.5 Å². The summed E-state index contributed by atoms with van der Waals surface area (Å²) in [4.78, 5) is 4.39. The Hall–Kier alpha value is -1.51. The molecular weight excluding hydrogens is 222 g/mol. The van der Waals surface area contributed by atoms with E-state index in [1.807, 2.05) is 12.3 Å². The van der Waals surface area contributed by atoms with Gasteiger partial charge in [-0.3, -0.25) is 0 Å². The van der Waals surface area contributed by atoms with Crippen molar-refractivity contribution >= 4 is 11.5 Å². The molecule has 0 amide bonds. The second-order valence-electron chi connectivity index (χ2n) is 4.75. The third-order valence-corrected chi connectivity index (χ3v) is 3.28. The third kappa shape index (κ3) is 4.06. The molecule has 1 aromatic heterocycles. The minimum absolute atomic E-state index is 0.933. The highest BCUT2D eigenvalue weighted by Gasteiger charge is 2.03. The fourth-order valence-corrected chi connectivity index (χ4v) is 2.29. The molecule has 2 N–H and O–H groups in total. The molecule has 1 aliphatic carbocycles. The smallest absolute Gasteiger partial charge is 0.126 e. The molecule has 0 radical (unpaired) electrons. The van der Waals surface area contributed by atoms with Crippen LogP contribution in [0.5, 0.6) is 0 Å². The number of nitrogens with zero attached hydrogens (tertiary/aromatic N) is 1. The molecule has 0 saturated carbocycles. The van der Waals surface area contributed by atoms with Crippen LogP contribution in [0.3, 0.4) is 0 Å². The Kier molecular flexibility index (Phi) is 5.06. The zero-order valence-electron chi connectivity index (χ0n) is 11.2. The lowest BCUT2D eigenvalue weighted by Gasteiger charge is -2.13. The maximum Gasteiger partial charge on any atom is 0.126 e. The van der Waals surface area contributed by atoms with Crippen LogP contribution in [0.15, 0.2) is 30.0 Å². The number of nitrogens with one attached hydrogen (secondary N) is 2. The van der Waals surface area contributed by atoms with Crippen molar-refractivity contribution in [3.63, 3.8) is 0 Å². The second-order valence-corrected chi connectivity index (χ2v) is 4.75. The molecule has 1 aromatic rings. The van der Waals surface area contributed by atoms with Gasteiger partial charge in [0.25, 0.3) is 0 Å². The van der Waals surface area contributed by atoms with Crippen LogP contribution in [0.25, 0.3) is 0 Å². The summed E-state index contributed by atoms with van der Waals surface area (Å²) in [6.45, 7) is 4.01. The van der Waals surface area contributed by atoms with Crippen molar-refractivity contribution in [3.8, 4) is 0 Å². The van der Waals surface area contributed by atoms with Gasteiger partial charge in [0.1, 0.15) is 5.82 Å². The Bertz CT molecular complexity index is 381. The standard InChI is InChI=1S/C15H23N3/c1-2-16-14-8-9-15(18-12-14)17-11-10-13-6-4-3-5-7-13/h6,8-9,12,16H,2-5,7,10-11H2,1H3,(H,17,18). The normalized spacial score (nSPS) is 15.1. The predicted molar refractivity (Wildman–Crippen MR) is 78.1 cm³/mol. The van der Waals surface area contributed by atoms with E-state index >= 15 is 0 Å². The van der Waals surface area contributed by atoms with Crippen LogP contribution in [0, 0.1) is 0 Å². The average molecular weight is 245 g/mol. The first-order valence-electron chi connectivity index (χ1n) is 7.00. The topological polar surface area (TPSA) is 37.0 Å². The van der Waals surface area contributed by atoms with E-state index in [1.165, 1.54) is 25.7 Å². The molecule has 0 fully saturated rings. The van der Waals surface area contributed by atoms with Crippen LogP contribution >= 0.6 is 0 Å². The maximum atomic E-state index is 4.39. The van der Waals surface area contributed by atoms with Gasteiger partial charge in [-0.25, -0.2) is 4.98 Å². The first-order chi connectivity index (χ1) is 8.88. The van der Waals surface area contributed by atoms with E-state index in [9.17, 15) is 0 Å². The lowest BCUT2D eigenvalue weighted by atomic mass is 9.97. The van der Waals surface area contributed by atoms with Gasteiger partial charge in [0.2, 0.25) is 0 Å². The number of aromatic nitrogens is 1. The van der Waals surface area contributed by atoms with Gasteiger partial charge in [-0.1, -0.05) is 11.6 Å². The van der Waals surface area contributed by atoms with Crippen molar-refractivity contribution in [2.75, 3.05) is 23.7 Å². The molecular formula is C15H23N3. The van der Waals surface area contributed by atoms with Crippen LogP contribution in [-0.2, 0) is 0 Å². The Labute approximate surface area is 110 Å². The van der Waals surface area contributed by atoms with E-state index < -0.39 is 0 Å². The summed E-state index contributed by atoms with van der Waals surface area (Å²) in [6, 6.07) is 4.10. The van der Waals surface area contributed by atoms with E-state index in [4.69, 9.17) is 0 Å². The molecule has 1 aliphatic rings. The molecule has 0 bridgehead atoms. The van der Waals surface area contributed by atoms with Gasteiger partial charge in [-0.2, -0.15) is 0 Å².